The second kappa shape index (κ2) is 3.93. The molecule has 0 spiro atoms. The number of hydrogen-bond donors (Lipinski definition) is 2. The molecule has 0 saturated heterocycles. The topological polar surface area (TPSA) is 49.7 Å². The largest absolute Gasteiger partial charge is 0.496 e. The third kappa shape index (κ3) is 1.80. The standard InChI is InChI=1S/C7H8BBrO3/c1-12-6-4-2-3-5(7(6)9)8(10)11/h2-4,10-11H,1H3. The molecule has 0 unspecified atom stereocenters. The number of benzene rings is 1. The van der Waals surface area contributed by atoms with Crippen LogP contribution in [0.2, 0.25) is 0 Å². The normalized spacial score (nSPS) is 9.67. The molecule has 0 radical (unpaired) electrons. The molecule has 0 aromatic heterocycles. The van der Waals surface area contributed by atoms with Crippen LogP contribution < -0.4 is 10.2 Å². The second-order valence-electron chi connectivity index (χ2n) is 2.24. The van der Waals surface area contributed by atoms with E-state index in [1.165, 1.54) is 7.11 Å². The Bertz CT molecular complexity index is 277. The van der Waals surface area contributed by atoms with Crippen LogP contribution in [-0.2, 0) is 0 Å². The van der Waals surface area contributed by atoms with Crippen LogP contribution in [0.5, 0.6) is 5.75 Å². The first-order valence-electron chi connectivity index (χ1n) is 3.35. The molecule has 1 aromatic rings. The summed E-state index contributed by atoms with van der Waals surface area (Å²) >= 11 is 3.20. The van der Waals surface area contributed by atoms with E-state index < -0.39 is 7.12 Å². The highest BCUT2D eigenvalue weighted by atomic mass is 79.9. The van der Waals surface area contributed by atoms with Gasteiger partial charge in [0.25, 0.3) is 0 Å². The average molecular weight is 231 g/mol. The molecule has 3 nitrogen and oxygen atoms in total. The van der Waals surface area contributed by atoms with Crippen molar-refractivity contribution in [2.24, 2.45) is 0 Å². The highest BCUT2D eigenvalue weighted by Crippen LogP contribution is 2.21. The highest BCUT2D eigenvalue weighted by molar-refractivity contribution is 9.10. The summed E-state index contributed by atoms with van der Waals surface area (Å²) < 4.78 is 5.54. The Labute approximate surface area is 79.3 Å². The SMILES string of the molecule is COc1cccc(B(O)O)c1Br. The Hall–Kier alpha value is -0.515. The van der Waals surface area contributed by atoms with E-state index in [1.54, 1.807) is 18.2 Å². The molecule has 0 fully saturated rings. The van der Waals surface area contributed by atoms with Crippen LogP contribution in [0.1, 0.15) is 0 Å². The lowest BCUT2D eigenvalue weighted by atomic mass is 9.80. The fraction of sp³-hybridized carbons (Fsp3) is 0.143. The summed E-state index contributed by atoms with van der Waals surface area (Å²) in [6.07, 6.45) is 0. The zero-order valence-electron chi connectivity index (χ0n) is 6.49. The third-order valence-corrected chi connectivity index (χ3v) is 2.34. The molecule has 2 N–H and O–H groups in total. The molecule has 0 aliphatic heterocycles. The summed E-state index contributed by atoms with van der Waals surface area (Å²) in [5.41, 5.74) is 0.398. The van der Waals surface area contributed by atoms with Gasteiger partial charge in [-0.1, -0.05) is 12.1 Å². The second-order valence-corrected chi connectivity index (χ2v) is 3.03. The van der Waals surface area contributed by atoms with Crippen molar-refractivity contribution in [2.45, 2.75) is 0 Å². The Kier molecular flexibility index (Phi) is 3.14. The van der Waals surface area contributed by atoms with Gasteiger partial charge >= 0.3 is 7.12 Å². The van der Waals surface area contributed by atoms with Crippen LogP contribution in [0.15, 0.2) is 22.7 Å². The fourth-order valence-electron chi connectivity index (χ4n) is 0.885. The molecular weight excluding hydrogens is 223 g/mol. The van der Waals surface area contributed by atoms with Crippen molar-refractivity contribution in [3.05, 3.63) is 22.7 Å². The van der Waals surface area contributed by atoms with E-state index in [1.807, 2.05) is 0 Å². The maximum Gasteiger partial charge on any atom is 0.489 e. The van der Waals surface area contributed by atoms with Gasteiger partial charge in [-0.3, -0.25) is 0 Å². The maximum absolute atomic E-state index is 8.89. The van der Waals surface area contributed by atoms with E-state index in [-0.39, 0.29) is 0 Å². The van der Waals surface area contributed by atoms with Crippen LogP contribution in [-0.4, -0.2) is 24.3 Å². The molecule has 1 rings (SSSR count). The van der Waals surface area contributed by atoms with Crippen molar-refractivity contribution in [3.63, 3.8) is 0 Å². The number of hydrogen-bond acceptors (Lipinski definition) is 3. The lowest BCUT2D eigenvalue weighted by molar-refractivity contribution is 0.409. The van der Waals surface area contributed by atoms with Crippen LogP contribution in [0.3, 0.4) is 0 Å². The van der Waals surface area contributed by atoms with Crippen LogP contribution in [0.25, 0.3) is 0 Å². The van der Waals surface area contributed by atoms with Gasteiger partial charge < -0.3 is 14.8 Å². The van der Waals surface area contributed by atoms with Gasteiger partial charge in [0.1, 0.15) is 5.75 Å². The molecular formula is C7H8BBrO3. The molecule has 1 aromatic carbocycles. The summed E-state index contributed by atoms with van der Waals surface area (Å²) in [6.45, 7) is 0. The lowest BCUT2D eigenvalue weighted by Gasteiger charge is -2.07. The van der Waals surface area contributed by atoms with Crippen molar-refractivity contribution in [3.8, 4) is 5.75 Å². The van der Waals surface area contributed by atoms with Gasteiger partial charge in [0.15, 0.2) is 0 Å². The molecule has 0 amide bonds. The molecule has 0 bridgehead atoms. The first-order valence-corrected chi connectivity index (χ1v) is 4.14. The van der Waals surface area contributed by atoms with E-state index in [4.69, 9.17) is 14.8 Å². The predicted octanol–water partition coefficient (Wildman–Crippen LogP) is 0.137. The van der Waals surface area contributed by atoms with E-state index >= 15 is 0 Å². The molecule has 0 heterocycles. The minimum Gasteiger partial charge on any atom is -0.496 e. The van der Waals surface area contributed by atoms with Gasteiger partial charge in [0.05, 0.1) is 11.6 Å². The van der Waals surface area contributed by atoms with Crippen molar-refractivity contribution >= 4 is 28.5 Å². The van der Waals surface area contributed by atoms with Crippen LogP contribution in [0.4, 0.5) is 0 Å². The molecule has 0 atom stereocenters. The lowest BCUT2D eigenvalue weighted by Crippen LogP contribution is -2.30. The minimum absolute atomic E-state index is 0.398. The molecule has 64 valence electrons. The molecule has 0 aliphatic rings. The highest BCUT2D eigenvalue weighted by Gasteiger charge is 2.16. The number of ether oxygens (including phenoxy) is 1. The Morgan fingerprint density at radius 2 is 2.08 bits per heavy atom. The fourth-order valence-corrected chi connectivity index (χ4v) is 1.52. The van der Waals surface area contributed by atoms with Gasteiger partial charge in [-0.05, 0) is 27.5 Å². The molecule has 0 saturated carbocycles. The number of rotatable bonds is 2. The van der Waals surface area contributed by atoms with Crippen molar-refractivity contribution in [1.29, 1.82) is 0 Å². The van der Waals surface area contributed by atoms with Gasteiger partial charge in [0, 0.05) is 0 Å². The van der Waals surface area contributed by atoms with Gasteiger partial charge in [0.2, 0.25) is 0 Å². The Morgan fingerprint density at radius 1 is 1.42 bits per heavy atom. The van der Waals surface area contributed by atoms with Gasteiger partial charge in [-0.15, -0.1) is 0 Å². The van der Waals surface area contributed by atoms with Crippen LogP contribution in [0, 0.1) is 0 Å². The predicted molar refractivity (Wildman–Crippen MR) is 50.5 cm³/mol. The van der Waals surface area contributed by atoms with Crippen molar-refractivity contribution in [2.75, 3.05) is 7.11 Å². The Balaban J connectivity index is 3.14. The first-order chi connectivity index (χ1) is 5.66. The molecule has 0 aliphatic carbocycles. The van der Waals surface area contributed by atoms with Crippen molar-refractivity contribution < 1.29 is 14.8 Å². The Morgan fingerprint density at radius 3 is 2.58 bits per heavy atom. The zero-order chi connectivity index (χ0) is 9.14. The smallest absolute Gasteiger partial charge is 0.489 e. The van der Waals surface area contributed by atoms with E-state index in [2.05, 4.69) is 15.9 Å². The van der Waals surface area contributed by atoms with Crippen LogP contribution >= 0.6 is 15.9 Å². The average Bonchev–Trinajstić information content (AvgIpc) is 2.04. The van der Waals surface area contributed by atoms with E-state index in [0.717, 1.165) is 0 Å². The first kappa shape index (κ1) is 9.57. The minimum atomic E-state index is -1.48. The van der Waals surface area contributed by atoms with Crippen molar-refractivity contribution in [1.82, 2.24) is 0 Å². The molecule has 5 heteroatoms. The maximum atomic E-state index is 8.89. The van der Waals surface area contributed by atoms with Gasteiger partial charge in [-0.25, -0.2) is 0 Å². The van der Waals surface area contributed by atoms with E-state index in [9.17, 15) is 0 Å². The molecule has 12 heavy (non-hydrogen) atoms. The van der Waals surface area contributed by atoms with Gasteiger partial charge in [-0.2, -0.15) is 0 Å². The summed E-state index contributed by atoms with van der Waals surface area (Å²) in [4.78, 5) is 0. The number of methoxy groups -OCH3 is 1. The summed E-state index contributed by atoms with van der Waals surface area (Å²) in [7, 11) is 0.0441. The monoisotopic (exact) mass is 230 g/mol. The number of halogens is 1. The summed E-state index contributed by atoms with van der Waals surface area (Å²) in [6, 6.07) is 5.03. The summed E-state index contributed by atoms with van der Waals surface area (Å²) in [5, 5.41) is 17.8. The zero-order valence-corrected chi connectivity index (χ0v) is 8.08. The third-order valence-electron chi connectivity index (χ3n) is 1.49. The summed E-state index contributed by atoms with van der Waals surface area (Å²) in [5.74, 6) is 0.584. The quantitative estimate of drug-likeness (QED) is 0.711. The van der Waals surface area contributed by atoms with E-state index in [0.29, 0.717) is 15.7 Å².